The maximum atomic E-state index is 12.2. The molecule has 122 valence electrons. The van der Waals surface area contributed by atoms with E-state index >= 15 is 0 Å². The zero-order valence-corrected chi connectivity index (χ0v) is 13.7. The Morgan fingerprint density at radius 2 is 1.52 bits per heavy atom. The molecule has 0 N–H and O–H groups in total. The van der Waals surface area contributed by atoms with E-state index in [-0.39, 0.29) is 0 Å². The molecule has 0 aliphatic heterocycles. The first kappa shape index (κ1) is 16.7. The average molecular weight is 316 g/mol. The lowest BCUT2D eigenvalue weighted by Gasteiger charge is -2.15. The van der Waals surface area contributed by atoms with Gasteiger partial charge in [0.1, 0.15) is 23.0 Å². The Balaban J connectivity index is 2.06. The van der Waals surface area contributed by atoms with Crippen LogP contribution in [0.3, 0.4) is 0 Å². The standard InChI is InChI=1S/C18H20O5/c1-12-6-5-7-14(8-12)22-13(2)18(19)23-17-10-15(20-3)9-16(11-17)21-4/h5-11,13H,1-4H3/t13-/m1/s1. The highest BCUT2D eigenvalue weighted by molar-refractivity contribution is 5.77. The highest BCUT2D eigenvalue weighted by atomic mass is 16.6. The van der Waals surface area contributed by atoms with Gasteiger partial charge in [0.05, 0.1) is 14.2 Å². The SMILES string of the molecule is COc1cc(OC)cc(OC(=O)[C@@H](C)Oc2cccc(C)c2)c1. The highest BCUT2D eigenvalue weighted by Crippen LogP contribution is 2.27. The van der Waals surface area contributed by atoms with E-state index < -0.39 is 12.1 Å². The Morgan fingerprint density at radius 3 is 2.09 bits per heavy atom. The van der Waals surface area contributed by atoms with Gasteiger partial charge in [-0.05, 0) is 31.5 Å². The Kier molecular flexibility index (Phi) is 5.46. The number of hydrogen-bond acceptors (Lipinski definition) is 5. The Bertz CT molecular complexity index is 659. The van der Waals surface area contributed by atoms with Crippen molar-refractivity contribution >= 4 is 5.97 Å². The van der Waals surface area contributed by atoms with E-state index in [1.807, 2.05) is 25.1 Å². The summed E-state index contributed by atoms with van der Waals surface area (Å²) in [6.45, 7) is 3.60. The van der Waals surface area contributed by atoms with Crippen LogP contribution < -0.4 is 18.9 Å². The fourth-order valence-corrected chi connectivity index (χ4v) is 1.98. The number of carbonyl (C=O) groups is 1. The van der Waals surface area contributed by atoms with Crippen LogP contribution in [-0.4, -0.2) is 26.3 Å². The molecular weight excluding hydrogens is 296 g/mol. The monoisotopic (exact) mass is 316 g/mol. The van der Waals surface area contributed by atoms with Crippen molar-refractivity contribution in [2.75, 3.05) is 14.2 Å². The third kappa shape index (κ3) is 4.64. The number of hydrogen-bond donors (Lipinski definition) is 0. The van der Waals surface area contributed by atoms with Gasteiger partial charge in [-0.3, -0.25) is 0 Å². The summed E-state index contributed by atoms with van der Waals surface area (Å²) < 4.78 is 21.2. The lowest BCUT2D eigenvalue weighted by Crippen LogP contribution is -2.28. The number of carbonyl (C=O) groups excluding carboxylic acids is 1. The van der Waals surface area contributed by atoms with Gasteiger partial charge < -0.3 is 18.9 Å². The van der Waals surface area contributed by atoms with Crippen molar-refractivity contribution < 1.29 is 23.7 Å². The maximum absolute atomic E-state index is 12.2. The number of rotatable bonds is 6. The molecule has 0 heterocycles. The number of benzene rings is 2. The van der Waals surface area contributed by atoms with E-state index in [0.29, 0.717) is 23.0 Å². The summed E-state index contributed by atoms with van der Waals surface area (Å²) in [5, 5.41) is 0. The number of methoxy groups -OCH3 is 2. The summed E-state index contributed by atoms with van der Waals surface area (Å²) in [5.74, 6) is 1.55. The van der Waals surface area contributed by atoms with Gasteiger partial charge in [0.15, 0.2) is 6.10 Å². The average Bonchev–Trinajstić information content (AvgIpc) is 2.54. The Labute approximate surface area is 135 Å². The van der Waals surface area contributed by atoms with E-state index in [4.69, 9.17) is 18.9 Å². The molecule has 0 radical (unpaired) electrons. The van der Waals surface area contributed by atoms with Gasteiger partial charge in [-0.2, -0.15) is 0 Å². The van der Waals surface area contributed by atoms with Gasteiger partial charge >= 0.3 is 5.97 Å². The minimum absolute atomic E-state index is 0.339. The molecule has 2 rings (SSSR count). The number of aryl methyl sites for hydroxylation is 1. The van der Waals surface area contributed by atoms with Crippen LogP contribution in [0, 0.1) is 6.92 Å². The van der Waals surface area contributed by atoms with E-state index in [1.54, 1.807) is 31.2 Å². The minimum atomic E-state index is -0.742. The van der Waals surface area contributed by atoms with Gasteiger partial charge in [-0.25, -0.2) is 4.79 Å². The van der Waals surface area contributed by atoms with Gasteiger partial charge in [-0.1, -0.05) is 12.1 Å². The quantitative estimate of drug-likeness (QED) is 0.604. The van der Waals surface area contributed by atoms with Gasteiger partial charge in [0, 0.05) is 18.2 Å². The molecule has 0 aliphatic rings. The molecule has 0 aromatic heterocycles. The normalized spacial score (nSPS) is 11.5. The van der Waals surface area contributed by atoms with Crippen molar-refractivity contribution in [1.29, 1.82) is 0 Å². The lowest BCUT2D eigenvalue weighted by atomic mass is 10.2. The number of esters is 1. The molecule has 2 aromatic rings. The molecule has 0 aliphatic carbocycles. The predicted molar refractivity (Wildman–Crippen MR) is 86.5 cm³/mol. The fourth-order valence-electron chi connectivity index (χ4n) is 1.98. The van der Waals surface area contributed by atoms with Crippen LogP contribution in [-0.2, 0) is 4.79 Å². The third-order valence-electron chi connectivity index (χ3n) is 3.18. The van der Waals surface area contributed by atoms with Gasteiger partial charge in [0.25, 0.3) is 0 Å². The first-order valence-electron chi connectivity index (χ1n) is 7.20. The van der Waals surface area contributed by atoms with E-state index in [2.05, 4.69) is 0 Å². The maximum Gasteiger partial charge on any atom is 0.352 e. The molecule has 0 amide bonds. The minimum Gasteiger partial charge on any atom is -0.496 e. The molecule has 0 fully saturated rings. The van der Waals surface area contributed by atoms with Gasteiger partial charge in [-0.15, -0.1) is 0 Å². The predicted octanol–water partition coefficient (Wildman–Crippen LogP) is 3.39. The van der Waals surface area contributed by atoms with Crippen molar-refractivity contribution in [1.82, 2.24) is 0 Å². The fraction of sp³-hybridized carbons (Fsp3) is 0.278. The molecular formula is C18H20O5. The molecule has 2 aromatic carbocycles. The van der Waals surface area contributed by atoms with Crippen molar-refractivity contribution in [3.8, 4) is 23.0 Å². The van der Waals surface area contributed by atoms with Crippen molar-refractivity contribution in [2.45, 2.75) is 20.0 Å². The van der Waals surface area contributed by atoms with E-state index in [1.165, 1.54) is 14.2 Å². The second-order valence-electron chi connectivity index (χ2n) is 5.05. The van der Waals surface area contributed by atoms with Gasteiger partial charge in [0.2, 0.25) is 0 Å². The molecule has 1 atom stereocenters. The van der Waals surface area contributed by atoms with Crippen LogP contribution in [0.15, 0.2) is 42.5 Å². The zero-order chi connectivity index (χ0) is 16.8. The topological polar surface area (TPSA) is 54.0 Å². The van der Waals surface area contributed by atoms with Crippen molar-refractivity contribution in [3.05, 3.63) is 48.0 Å². The summed E-state index contributed by atoms with van der Waals surface area (Å²) in [4.78, 5) is 12.2. The molecule has 0 spiro atoms. The first-order valence-corrected chi connectivity index (χ1v) is 7.20. The highest BCUT2D eigenvalue weighted by Gasteiger charge is 2.18. The molecule has 5 heteroatoms. The van der Waals surface area contributed by atoms with Crippen molar-refractivity contribution in [2.24, 2.45) is 0 Å². The Hall–Kier alpha value is -2.69. The second-order valence-corrected chi connectivity index (χ2v) is 5.05. The first-order chi connectivity index (χ1) is 11.0. The summed E-state index contributed by atoms with van der Waals surface area (Å²) in [5.41, 5.74) is 1.06. The van der Waals surface area contributed by atoms with Crippen LogP contribution in [0.25, 0.3) is 0 Å². The molecule has 0 unspecified atom stereocenters. The summed E-state index contributed by atoms with van der Waals surface area (Å²) >= 11 is 0. The largest absolute Gasteiger partial charge is 0.496 e. The second kappa shape index (κ2) is 7.54. The van der Waals surface area contributed by atoms with Crippen LogP contribution >= 0.6 is 0 Å². The summed E-state index contributed by atoms with van der Waals surface area (Å²) in [6.07, 6.45) is -0.742. The van der Waals surface area contributed by atoms with Crippen LogP contribution in [0.1, 0.15) is 12.5 Å². The van der Waals surface area contributed by atoms with Crippen LogP contribution in [0.5, 0.6) is 23.0 Å². The number of ether oxygens (including phenoxy) is 4. The molecule has 5 nitrogen and oxygen atoms in total. The molecule has 0 saturated heterocycles. The molecule has 23 heavy (non-hydrogen) atoms. The Morgan fingerprint density at radius 1 is 0.913 bits per heavy atom. The smallest absolute Gasteiger partial charge is 0.352 e. The zero-order valence-electron chi connectivity index (χ0n) is 13.7. The molecule has 0 bridgehead atoms. The summed E-state index contributed by atoms with van der Waals surface area (Å²) in [6, 6.07) is 12.4. The van der Waals surface area contributed by atoms with E-state index in [9.17, 15) is 4.79 Å². The van der Waals surface area contributed by atoms with Crippen molar-refractivity contribution in [3.63, 3.8) is 0 Å². The summed E-state index contributed by atoms with van der Waals surface area (Å²) in [7, 11) is 3.06. The van der Waals surface area contributed by atoms with E-state index in [0.717, 1.165) is 5.56 Å². The molecule has 0 saturated carbocycles. The third-order valence-corrected chi connectivity index (χ3v) is 3.18. The van der Waals surface area contributed by atoms with Crippen LogP contribution in [0.4, 0.5) is 0 Å². The lowest BCUT2D eigenvalue weighted by molar-refractivity contribution is -0.141. The van der Waals surface area contributed by atoms with Crippen LogP contribution in [0.2, 0.25) is 0 Å².